The SMILES string of the molecule is O=C(COc1ccc(Cl)c(Cl)c1)Nc1ccsc1C(=O)O. The molecule has 1 heterocycles. The summed E-state index contributed by atoms with van der Waals surface area (Å²) in [5, 5.41) is 13.7. The van der Waals surface area contributed by atoms with E-state index >= 15 is 0 Å². The second kappa shape index (κ2) is 6.80. The van der Waals surface area contributed by atoms with Gasteiger partial charge in [0, 0.05) is 6.07 Å². The number of carboxylic acids is 1. The monoisotopic (exact) mass is 345 g/mol. The molecule has 1 aromatic carbocycles. The molecule has 0 aliphatic carbocycles. The highest BCUT2D eigenvalue weighted by molar-refractivity contribution is 7.12. The van der Waals surface area contributed by atoms with E-state index in [-0.39, 0.29) is 17.2 Å². The highest BCUT2D eigenvalue weighted by atomic mass is 35.5. The maximum Gasteiger partial charge on any atom is 0.348 e. The van der Waals surface area contributed by atoms with Crippen molar-refractivity contribution in [1.82, 2.24) is 0 Å². The zero-order valence-corrected chi connectivity index (χ0v) is 12.8. The molecule has 110 valence electrons. The fourth-order valence-electron chi connectivity index (χ4n) is 1.48. The third kappa shape index (κ3) is 4.10. The number of amides is 1. The van der Waals surface area contributed by atoms with Gasteiger partial charge in [0.2, 0.25) is 0 Å². The van der Waals surface area contributed by atoms with Gasteiger partial charge in [-0.1, -0.05) is 23.2 Å². The van der Waals surface area contributed by atoms with Crippen LogP contribution in [0.1, 0.15) is 9.67 Å². The van der Waals surface area contributed by atoms with Gasteiger partial charge in [-0.2, -0.15) is 0 Å². The molecule has 21 heavy (non-hydrogen) atoms. The van der Waals surface area contributed by atoms with Gasteiger partial charge in [0.25, 0.3) is 5.91 Å². The van der Waals surface area contributed by atoms with Gasteiger partial charge in [0.05, 0.1) is 15.7 Å². The Labute approximate surface area is 134 Å². The fraction of sp³-hybridized carbons (Fsp3) is 0.0769. The number of aromatic carboxylic acids is 1. The molecule has 5 nitrogen and oxygen atoms in total. The lowest BCUT2D eigenvalue weighted by Gasteiger charge is -2.08. The number of ether oxygens (including phenoxy) is 1. The molecule has 2 rings (SSSR count). The number of carbonyl (C=O) groups excluding carboxylic acids is 1. The second-order valence-corrected chi connectivity index (χ2v) is 5.61. The van der Waals surface area contributed by atoms with Crippen LogP contribution in [0.2, 0.25) is 10.0 Å². The van der Waals surface area contributed by atoms with Crippen LogP contribution in [-0.4, -0.2) is 23.6 Å². The number of rotatable bonds is 5. The molecule has 0 saturated heterocycles. The summed E-state index contributed by atoms with van der Waals surface area (Å²) in [7, 11) is 0. The predicted octanol–water partition coefficient (Wildman–Crippen LogP) is 3.77. The number of carboxylic acid groups (broad SMARTS) is 1. The number of hydrogen-bond donors (Lipinski definition) is 2. The summed E-state index contributed by atoms with van der Waals surface area (Å²) >= 11 is 12.6. The smallest absolute Gasteiger partial charge is 0.348 e. The van der Waals surface area contributed by atoms with E-state index in [0.717, 1.165) is 11.3 Å². The largest absolute Gasteiger partial charge is 0.484 e. The average molecular weight is 346 g/mol. The second-order valence-electron chi connectivity index (χ2n) is 3.88. The Bertz CT molecular complexity index is 687. The predicted molar refractivity (Wildman–Crippen MR) is 81.9 cm³/mol. The summed E-state index contributed by atoms with van der Waals surface area (Å²) in [6.45, 7) is -0.271. The third-order valence-electron chi connectivity index (χ3n) is 2.39. The molecule has 0 fully saturated rings. The molecule has 0 saturated carbocycles. The molecule has 0 spiro atoms. The minimum absolute atomic E-state index is 0.0675. The molecule has 1 amide bonds. The molecule has 0 atom stereocenters. The molecule has 2 aromatic rings. The minimum atomic E-state index is -1.09. The van der Waals surface area contributed by atoms with Crippen molar-refractivity contribution in [1.29, 1.82) is 0 Å². The van der Waals surface area contributed by atoms with Crippen molar-refractivity contribution < 1.29 is 19.4 Å². The summed E-state index contributed by atoms with van der Waals surface area (Å²) in [6, 6.07) is 6.14. The Morgan fingerprint density at radius 1 is 1.24 bits per heavy atom. The summed E-state index contributed by atoms with van der Waals surface area (Å²) in [5.41, 5.74) is 0.246. The lowest BCUT2D eigenvalue weighted by Crippen LogP contribution is -2.20. The average Bonchev–Trinajstić information content (AvgIpc) is 2.88. The van der Waals surface area contributed by atoms with E-state index in [1.165, 1.54) is 12.1 Å². The summed E-state index contributed by atoms with van der Waals surface area (Å²) in [6.07, 6.45) is 0. The van der Waals surface area contributed by atoms with Crippen LogP contribution in [0, 0.1) is 0 Å². The minimum Gasteiger partial charge on any atom is -0.484 e. The third-order valence-corrected chi connectivity index (χ3v) is 4.04. The van der Waals surface area contributed by atoms with E-state index in [1.54, 1.807) is 17.5 Å². The maximum absolute atomic E-state index is 11.7. The van der Waals surface area contributed by atoms with Crippen LogP contribution in [0.25, 0.3) is 0 Å². The lowest BCUT2D eigenvalue weighted by atomic mass is 10.3. The van der Waals surface area contributed by atoms with Crippen molar-refractivity contribution in [3.05, 3.63) is 44.6 Å². The van der Waals surface area contributed by atoms with Crippen LogP contribution in [0.15, 0.2) is 29.6 Å². The van der Waals surface area contributed by atoms with Crippen molar-refractivity contribution >= 4 is 52.1 Å². The molecular formula is C13H9Cl2NO4S. The first-order chi connectivity index (χ1) is 9.97. The zero-order chi connectivity index (χ0) is 15.4. The quantitative estimate of drug-likeness (QED) is 0.864. The van der Waals surface area contributed by atoms with Crippen LogP contribution >= 0.6 is 34.5 Å². The Kier molecular flexibility index (Phi) is 5.06. The number of halogens is 2. The zero-order valence-electron chi connectivity index (χ0n) is 10.4. The number of nitrogens with one attached hydrogen (secondary N) is 1. The van der Waals surface area contributed by atoms with Crippen molar-refractivity contribution in [2.75, 3.05) is 11.9 Å². The molecule has 0 bridgehead atoms. The van der Waals surface area contributed by atoms with Gasteiger partial charge >= 0.3 is 5.97 Å². The van der Waals surface area contributed by atoms with E-state index in [9.17, 15) is 9.59 Å². The molecule has 0 radical (unpaired) electrons. The molecule has 8 heteroatoms. The molecule has 0 unspecified atom stereocenters. The standard InChI is InChI=1S/C13H9Cl2NO4S/c14-8-2-1-7(5-9(8)15)20-6-11(17)16-10-3-4-21-12(10)13(18)19/h1-5H,6H2,(H,16,17)(H,18,19). The molecule has 2 N–H and O–H groups in total. The lowest BCUT2D eigenvalue weighted by molar-refractivity contribution is -0.118. The van der Waals surface area contributed by atoms with Crippen molar-refractivity contribution in [3.8, 4) is 5.75 Å². The van der Waals surface area contributed by atoms with Crippen LogP contribution < -0.4 is 10.1 Å². The van der Waals surface area contributed by atoms with Crippen molar-refractivity contribution in [2.24, 2.45) is 0 Å². The molecule has 1 aromatic heterocycles. The first-order valence-electron chi connectivity index (χ1n) is 5.66. The van der Waals surface area contributed by atoms with Crippen LogP contribution in [0.3, 0.4) is 0 Å². The molecular weight excluding hydrogens is 337 g/mol. The summed E-state index contributed by atoms with van der Waals surface area (Å²) in [4.78, 5) is 22.7. The maximum atomic E-state index is 11.7. The Morgan fingerprint density at radius 3 is 2.67 bits per heavy atom. The first-order valence-corrected chi connectivity index (χ1v) is 7.29. The van der Waals surface area contributed by atoms with Gasteiger partial charge in [-0.05, 0) is 23.6 Å². The van der Waals surface area contributed by atoms with E-state index < -0.39 is 11.9 Å². The van der Waals surface area contributed by atoms with Crippen LogP contribution in [0.4, 0.5) is 5.69 Å². The van der Waals surface area contributed by atoms with E-state index in [0.29, 0.717) is 15.8 Å². The van der Waals surface area contributed by atoms with Gasteiger partial charge in [0.1, 0.15) is 10.6 Å². The number of hydrogen-bond acceptors (Lipinski definition) is 4. The van der Waals surface area contributed by atoms with Gasteiger partial charge in [-0.25, -0.2) is 4.79 Å². The van der Waals surface area contributed by atoms with E-state index in [2.05, 4.69) is 5.32 Å². The number of benzene rings is 1. The Hall–Kier alpha value is -1.76. The Balaban J connectivity index is 1.94. The van der Waals surface area contributed by atoms with Gasteiger partial charge in [-0.15, -0.1) is 11.3 Å². The van der Waals surface area contributed by atoms with Crippen LogP contribution in [-0.2, 0) is 4.79 Å². The van der Waals surface area contributed by atoms with Gasteiger partial charge in [-0.3, -0.25) is 4.79 Å². The van der Waals surface area contributed by atoms with Crippen LogP contribution in [0.5, 0.6) is 5.75 Å². The number of anilines is 1. The van der Waals surface area contributed by atoms with Crippen molar-refractivity contribution in [2.45, 2.75) is 0 Å². The Morgan fingerprint density at radius 2 is 2.00 bits per heavy atom. The van der Waals surface area contributed by atoms with E-state index in [1.807, 2.05) is 0 Å². The topological polar surface area (TPSA) is 75.6 Å². The highest BCUT2D eigenvalue weighted by Gasteiger charge is 2.14. The molecule has 0 aliphatic rings. The first kappa shape index (κ1) is 15.6. The summed E-state index contributed by atoms with van der Waals surface area (Å²) < 4.78 is 5.25. The summed E-state index contributed by atoms with van der Waals surface area (Å²) in [5.74, 6) is -1.17. The highest BCUT2D eigenvalue weighted by Crippen LogP contribution is 2.26. The number of thiophene rings is 1. The van der Waals surface area contributed by atoms with Crippen molar-refractivity contribution in [3.63, 3.8) is 0 Å². The van der Waals surface area contributed by atoms with Gasteiger partial charge < -0.3 is 15.2 Å². The fourth-order valence-corrected chi connectivity index (χ4v) is 2.45. The normalized spacial score (nSPS) is 10.2. The van der Waals surface area contributed by atoms with E-state index in [4.69, 9.17) is 33.0 Å². The van der Waals surface area contributed by atoms with Gasteiger partial charge in [0.15, 0.2) is 6.61 Å². The number of carbonyl (C=O) groups is 2. The molecule has 0 aliphatic heterocycles.